The Balaban J connectivity index is 1.97. The van der Waals surface area contributed by atoms with Gasteiger partial charge >= 0.3 is 5.00 Å². The average molecular weight is 313 g/mol. The van der Waals surface area contributed by atoms with Gasteiger partial charge in [-0.05, 0) is 17.7 Å². The molecule has 1 aromatic carbocycles. The topological polar surface area (TPSA) is 64.4 Å². The van der Waals surface area contributed by atoms with Gasteiger partial charge in [-0.25, -0.2) is 0 Å². The first-order chi connectivity index (χ1) is 9.61. The summed E-state index contributed by atoms with van der Waals surface area (Å²) < 4.78 is 5.25. The van der Waals surface area contributed by atoms with Crippen LogP contribution < -0.4 is 10.1 Å². The highest BCUT2D eigenvalue weighted by molar-refractivity contribution is 7.13. The molecule has 106 valence electrons. The minimum Gasteiger partial charge on any atom is -0.496 e. The smallest absolute Gasteiger partial charge is 0.324 e. The van der Waals surface area contributed by atoms with Gasteiger partial charge in [0.15, 0.2) is 0 Å². The maximum Gasteiger partial charge on any atom is 0.324 e. The lowest BCUT2D eigenvalue weighted by atomic mass is 10.2. The van der Waals surface area contributed by atoms with Gasteiger partial charge in [-0.1, -0.05) is 29.0 Å². The number of methoxy groups -OCH3 is 1. The monoisotopic (exact) mass is 312 g/mol. The van der Waals surface area contributed by atoms with Crippen molar-refractivity contribution in [2.45, 2.75) is 13.1 Å². The molecular formula is C13H13ClN2O3S. The lowest BCUT2D eigenvalue weighted by Gasteiger charge is -2.10. The molecular weight excluding hydrogens is 300 g/mol. The van der Waals surface area contributed by atoms with Crippen LogP contribution in [-0.2, 0) is 13.1 Å². The number of nitrogens with one attached hydrogen (secondary N) is 1. The van der Waals surface area contributed by atoms with Crippen LogP contribution in [0.5, 0.6) is 5.75 Å². The second-order valence-corrected chi connectivity index (χ2v) is 5.37. The van der Waals surface area contributed by atoms with Crippen LogP contribution in [0.4, 0.5) is 5.00 Å². The standard InChI is InChI=1S/C13H13ClN2O3S/c1-19-12-4-2-3-11(14)10(12)7-15-6-9-5-13(16(17)18)20-8-9/h2-5,8,15H,6-7H2,1H3. The van der Waals surface area contributed by atoms with E-state index in [0.29, 0.717) is 18.1 Å². The summed E-state index contributed by atoms with van der Waals surface area (Å²) >= 11 is 7.25. The zero-order chi connectivity index (χ0) is 14.5. The Bertz CT molecular complexity index is 615. The Hall–Kier alpha value is -1.63. The number of benzene rings is 1. The lowest BCUT2D eigenvalue weighted by molar-refractivity contribution is -0.380. The summed E-state index contributed by atoms with van der Waals surface area (Å²) in [4.78, 5) is 10.2. The van der Waals surface area contributed by atoms with Gasteiger partial charge in [-0.15, -0.1) is 0 Å². The molecule has 1 aromatic heterocycles. The van der Waals surface area contributed by atoms with Gasteiger partial charge in [0.1, 0.15) is 5.75 Å². The van der Waals surface area contributed by atoms with Gasteiger partial charge in [-0.2, -0.15) is 0 Å². The van der Waals surface area contributed by atoms with Crippen molar-refractivity contribution in [2.24, 2.45) is 0 Å². The van der Waals surface area contributed by atoms with E-state index in [2.05, 4.69) is 5.32 Å². The van der Waals surface area contributed by atoms with E-state index >= 15 is 0 Å². The van der Waals surface area contributed by atoms with Crippen LogP contribution in [0.15, 0.2) is 29.6 Å². The van der Waals surface area contributed by atoms with Crippen molar-refractivity contribution in [1.82, 2.24) is 5.32 Å². The van der Waals surface area contributed by atoms with Crippen molar-refractivity contribution in [3.8, 4) is 5.75 Å². The number of ether oxygens (including phenoxy) is 1. The van der Waals surface area contributed by atoms with E-state index in [9.17, 15) is 10.1 Å². The van der Waals surface area contributed by atoms with Crippen molar-refractivity contribution >= 4 is 27.9 Å². The number of rotatable bonds is 6. The largest absolute Gasteiger partial charge is 0.496 e. The molecule has 0 bridgehead atoms. The number of hydrogen-bond donors (Lipinski definition) is 1. The van der Waals surface area contributed by atoms with Crippen LogP contribution in [0.2, 0.25) is 5.02 Å². The van der Waals surface area contributed by atoms with Crippen molar-refractivity contribution in [2.75, 3.05) is 7.11 Å². The maximum absolute atomic E-state index is 10.6. The van der Waals surface area contributed by atoms with Crippen LogP contribution in [-0.4, -0.2) is 12.0 Å². The van der Waals surface area contributed by atoms with Gasteiger partial charge in [0.25, 0.3) is 0 Å². The molecule has 0 aliphatic carbocycles. The van der Waals surface area contributed by atoms with Crippen LogP contribution in [0.25, 0.3) is 0 Å². The summed E-state index contributed by atoms with van der Waals surface area (Å²) in [5.41, 5.74) is 1.76. The van der Waals surface area contributed by atoms with Gasteiger partial charge in [0.05, 0.1) is 12.0 Å². The van der Waals surface area contributed by atoms with E-state index in [-0.39, 0.29) is 9.92 Å². The first kappa shape index (κ1) is 14.8. The normalized spacial score (nSPS) is 10.5. The van der Waals surface area contributed by atoms with Crippen molar-refractivity contribution < 1.29 is 9.66 Å². The third-order valence-electron chi connectivity index (χ3n) is 2.75. The Morgan fingerprint density at radius 2 is 2.25 bits per heavy atom. The molecule has 0 saturated heterocycles. The van der Waals surface area contributed by atoms with E-state index in [1.807, 2.05) is 12.1 Å². The fourth-order valence-corrected chi connectivity index (χ4v) is 2.75. The zero-order valence-electron chi connectivity index (χ0n) is 10.8. The highest BCUT2D eigenvalue weighted by Crippen LogP contribution is 2.26. The highest BCUT2D eigenvalue weighted by atomic mass is 35.5. The molecule has 0 atom stereocenters. The van der Waals surface area contributed by atoms with Crippen molar-refractivity contribution in [1.29, 1.82) is 0 Å². The van der Waals surface area contributed by atoms with Gasteiger partial charge in [-0.3, -0.25) is 10.1 Å². The summed E-state index contributed by atoms with van der Waals surface area (Å²) in [5.74, 6) is 0.723. The number of halogens is 1. The molecule has 0 amide bonds. The quantitative estimate of drug-likeness (QED) is 0.653. The number of hydrogen-bond acceptors (Lipinski definition) is 5. The third-order valence-corrected chi connectivity index (χ3v) is 4.03. The van der Waals surface area contributed by atoms with Gasteiger partial charge in [0.2, 0.25) is 0 Å². The Morgan fingerprint density at radius 1 is 1.45 bits per heavy atom. The first-order valence-electron chi connectivity index (χ1n) is 5.85. The average Bonchev–Trinajstić information content (AvgIpc) is 2.89. The fourth-order valence-electron chi connectivity index (χ4n) is 1.78. The summed E-state index contributed by atoms with van der Waals surface area (Å²) in [6, 6.07) is 7.04. The summed E-state index contributed by atoms with van der Waals surface area (Å²) in [6.45, 7) is 1.07. The van der Waals surface area contributed by atoms with Crippen molar-refractivity contribution in [3.05, 3.63) is 55.9 Å². The molecule has 0 saturated carbocycles. The molecule has 0 radical (unpaired) electrons. The van der Waals surface area contributed by atoms with Crippen LogP contribution in [0.3, 0.4) is 0 Å². The highest BCUT2D eigenvalue weighted by Gasteiger charge is 2.10. The second kappa shape index (κ2) is 6.69. The van der Waals surface area contributed by atoms with Crippen LogP contribution in [0.1, 0.15) is 11.1 Å². The first-order valence-corrected chi connectivity index (χ1v) is 7.11. The SMILES string of the molecule is COc1cccc(Cl)c1CNCc1csc([N+](=O)[O-])c1. The minimum atomic E-state index is -0.384. The predicted octanol–water partition coefficient (Wildman–Crippen LogP) is 3.61. The van der Waals surface area contributed by atoms with Gasteiger partial charge in [0, 0.05) is 35.1 Å². The molecule has 20 heavy (non-hydrogen) atoms. The van der Waals surface area contributed by atoms with E-state index in [1.165, 1.54) is 0 Å². The van der Waals surface area contributed by atoms with Gasteiger partial charge < -0.3 is 10.1 Å². The third kappa shape index (κ3) is 3.47. The van der Waals surface area contributed by atoms with E-state index in [1.54, 1.807) is 24.6 Å². The summed E-state index contributed by atoms with van der Waals surface area (Å²) in [5, 5.41) is 16.4. The molecule has 7 heteroatoms. The number of nitrogens with zero attached hydrogens (tertiary/aromatic N) is 1. The maximum atomic E-state index is 10.6. The molecule has 0 fully saturated rings. The van der Waals surface area contributed by atoms with E-state index in [4.69, 9.17) is 16.3 Å². The van der Waals surface area contributed by atoms with Crippen LogP contribution in [0, 0.1) is 10.1 Å². The Kier molecular flexibility index (Phi) is 4.94. The molecule has 1 N–H and O–H groups in total. The molecule has 1 heterocycles. The Labute approximate surface area is 125 Å². The van der Waals surface area contributed by atoms with E-state index in [0.717, 1.165) is 28.2 Å². The molecule has 0 aliphatic heterocycles. The van der Waals surface area contributed by atoms with Crippen molar-refractivity contribution in [3.63, 3.8) is 0 Å². The fraction of sp³-hybridized carbons (Fsp3) is 0.231. The minimum absolute atomic E-state index is 0.150. The molecule has 0 aliphatic rings. The Morgan fingerprint density at radius 3 is 2.90 bits per heavy atom. The molecule has 5 nitrogen and oxygen atoms in total. The number of nitro groups is 1. The molecule has 0 unspecified atom stereocenters. The molecule has 2 aromatic rings. The molecule has 2 rings (SSSR count). The molecule has 0 spiro atoms. The summed E-state index contributed by atoms with van der Waals surface area (Å²) in [7, 11) is 1.59. The van der Waals surface area contributed by atoms with Crippen LogP contribution >= 0.6 is 22.9 Å². The predicted molar refractivity (Wildman–Crippen MR) is 79.5 cm³/mol. The zero-order valence-corrected chi connectivity index (χ0v) is 12.3. The number of thiophene rings is 1. The van der Waals surface area contributed by atoms with E-state index < -0.39 is 0 Å². The second-order valence-electron chi connectivity index (χ2n) is 4.07. The summed E-state index contributed by atoms with van der Waals surface area (Å²) in [6.07, 6.45) is 0. The lowest BCUT2D eigenvalue weighted by Crippen LogP contribution is -2.13.